The van der Waals surface area contributed by atoms with Gasteiger partial charge in [0.05, 0.1) is 13.2 Å². The minimum Gasteiger partial charge on any atom is -0.381 e. The second kappa shape index (κ2) is 7.80. The minimum atomic E-state index is -0.134. The Morgan fingerprint density at radius 1 is 1.29 bits per heavy atom. The Morgan fingerprint density at radius 2 is 2.07 bits per heavy atom. The number of nitrogens with zero attached hydrogens (tertiary/aromatic N) is 1. The van der Waals surface area contributed by atoms with Crippen molar-refractivity contribution in [2.24, 2.45) is 5.92 Å². The van der Waals surface area contributed by atoms with E-state index in [0.29, 0.717) is 31.2 Å². The van der Waals surface area contributed by atoms with Crippen molar-refractivity contribution in [3.63, 3.8) is 0 Å². The number of hydrogen-bond donors (Lipinski definition) is 2. The average molecular weight is 381 g/mol. The van der Waals surface area contributed by atoms with Crippen LogP contribution in [0.2, 0.25) is 0 Å². The maximum atomic E-state index is 13.0. The van der Waals surface area contributed by atoms with Crippen molar-refractivity contribution in [1.29, 1.82) is 0 Å². The Hall–Kier alpha value is -2.60. The molecule has 2 N–H and O–H groups in total. The molecule has 2 aliphatic rings. The number of H-pyrrole nitrogens is 1. The highest BCUT2D eigenvalue weighted by Crippen LogP contribution is 2.40. The van der Waals surface area contributed by atoms with Gasteiger partial charge in [-0.1, -0.05) is 30.3 Å². The highest BCUT2D eigenvalue weighted by Gasteiger charge is 2.45. The van der Waals surface area contributed by atoms with Gasteiger partial charge in [-0.25, -0.2) is 4.79 Å². The van der Waals surface area contributed by atoms with Crippen molar-refractivity contribution in [2.45, 2.75) is 38.8 Å². The minimum absolute atomic E-state index is 0.102. The van der Waals surface area contributed by atoms with Crippen LogP contribution in [0.1, 0.15) is 34.7 Å². The molecule has 6 heteroatoms. The van der Waals surface area contributed by atoms with E-state index in [9.17, 15) is 9.59 Å². The number of benzene rings is 1. The summed E-state index contributed by atoms with van der Waals surface area (Å²) in [6, 6.07) is 12.4. The van der Waals surface area contributed by atoms with Gasteiger partial charge < -0.3 is 19.9 Å². The Labute approximate surface area is 164 Å². The van der Waals surface area contributed by atoms with Crippen LogP contribution in [0.4, 0.5) is 4.79 Å². The van der Waals surface area contributed by atoms with Gasteiger partial charge in [-0.05, 0) is 37.5 Å². The lowest BCUT2D eigenvalue weighted by Gasteiger charge is -2.32. The molecule has 3 heterocycles. The van der Waals surface area contributed by atoms with Crippen LogP contribution >= 0.6 is 0 Å². The van der Waals surface area contributed by atoms with E-state index in [1.54, 1.807) is 0 Å². The van der Waals surface area contributed by atoms with Crippen LogP contribution in [0.25, 0.3) is 0 Å². The summed E-state index contributed by atoms with van der Waals surface area (Å²) in [5.74, 6) is 0.591. The summed E-state index contributed by atoms with van der Waals surface area (Å²) >= 11 is 0. The zero-order valence-corrected chi connectivity index (χ0v) is 16.4. The first-order valence-corrected chi connectivity index (χ1v) is 9.91. The summed E-state index contributed by atoms with van der Waals surface area (Å²) in [6.07, 6.45) is 0.853. The van der Waals surface area contributed by atoms with Gasteiger partial charge in [0.1, 0.15) is 0 Å². The van der Waals surface area contributed by atoms with Crippen LogP contribution in [0.5, 0.6) is 0 Å². The third kappa shape index (κ3) is 3.56. The van der Waals surface area contributed by atoms with Gasteiger partial charge in [-0.2, -0.15) is 0 Å². The number of aromatic amines is 1. The Balaban J connectivity index is 1.50. The van der Waals surface area contributed by atoms with Crippen LogP contribution in [-0.2, 0) is 11.3 Å². The number of carbonyl (C=O) groups is 1. The molecule has 0 radical (unpaired) electrons. The maximum absolute atomic E-state index is 13.0. The number of rotatable bonds is 3. The Bertz CT molecular complexity index is 909. The smallest absolute Gasteiger partial charge is 0.317 e. The standard InChI is InChI=1S/C22H27N3O3/c1-14-10-15(2)24-21(26)17(14)11-23-22(27)25-12-18(16-6-4-3-5-7-16)19-13-28-9-8-20(19)25/h3-7,10,18-20H,8-9,11-13H2,1-2H3,(H,23,27)(H,24,26)/t18-,19-,20-/m1/s1. The van der Waals surface area contributed by atoms with E-state index in [1.165, 1.54) is 5.56 Å². The summed E-state index contributed by atoms with van der Waals surface area (Å²) in [7, 11) is 0. The van der Waals surface area contributed by atoms with Gasteiger partial charge in [-0.3, -0.25) is 4.79 Å². The molecule has 2 fully saturated rings. The molecule has 2 amide bonds. The molecular formula is C22H27N3O3. The number of nitrogens with one attached hydrogen (secondary N) is 2. The van der Waals surface area contributed by atoms with Gasteiger partial charge in [0.2, 0.25) is 0 Å². The Kier molecular flexibility index (Phi) is 5.22. The van der Waals surface area contributed by atoms with Crippen LogP contribution in [-0.4, -0.2) is 41.7 Å². The van der Waals surface area contributed by atoms with E-state index in [4.69, 9.17) is 4.74 Å². The maximum Gasteiger partial charge on any atom is 0.317 e. The molecule has 2 aliphatic heterocycles. The Morgan fingerprint density at radius 3 is 2.82 bits per heavy atom. The molecule has 0 spiro atoms. The fourth-order valence-electron chi connectivity index (χ4n) is 4.66. The van der Waals surface area contributed by atoms with Crippen molar-refractivity contribution < 1.29 is 9.53 Å². The van der Waals surface area contributed by atoms with Crippen molar-refractivity contribution >= 4 is 6.03 Å². The van der Waals surface area contributed by atoms with Crippen LogP contribution in [0.3, 0.4) is 0 Å². The van der Waals surface area contributed by atoms with E-state index in [1.807, 2.05) is 43.0 Å². The van der Waals surface area contributed by atoms with E-state index in [-0.39, 0.29) is 30.1 Å². The predicted octanol–water partition coefficient (Wildman–Crippen LogP) is 2.71. The molecule has 1 aromatic heterocycles. The van der Waals surface area contributed by atoms with E-state index in [2.05, 4.69) is 22.4 Å². The molecule has 3 atom stereocenters. The number of fused-ring (bicyclic) bond motifs is 1. The number of likely N-dealkylation sites (tertiary alicyclic amines) is 1. The lowest BCUT2D eigenvalue weighted by molar-refractivity contribution is 0.0261. The first-order valence-electron chi connectivity index (χ1n) is 9.91. The zero-order valence-electron chi connectivity index (χ0n) is 16.4. The predicted molar refractivity (Wildman–Crippen MR) is 107 cm³/mol. The lowest BCUT2D eigenvalue weighted by atomic mass is 9.84. The summed E-state index contributed by atoms with van der Waals surface area (Å²) < 4.78 is 5.73. The van der Waals surface area contributed by atoms with Crippen molar-refractivity contribution in [3.05, 3.63) is 69.1 Å². The van der Waals surface area contributed by atoms with E-state index >= 15 is 0 Å². The van der Waals surface area contributed by atoms with Crippen LogP contribution in [0, 0.1) is 19.8 Å². The zero-order chi connectivity index (χ0) is 19.7. The number of hydrogen-bond acceptors (Lipinski definition) is 3. The summed E-state index contributed by atoms with van der Waals surface area (Å²) in [5.41, 5.74) is 3.46. The van der Waals surface area contributed by atoms with E-state index in [0.717, 1.165) is 17.7 Å². The highest BCUT2D eigenvalue weighted by atomic mass is 16.5. The number of amides is 2. The molecule has 0 bridgehead atoms. The normalized spacial score (nSPS) is 24.1. The molecular weight excluding hydrogens is 354 g/mol. The van der Waals surface area contributed by atoms with Gasteiger partial charge in [-0.15, -0.1) is 0 Å². The molecule has 0 unspecified atom stereocenters. The number of aromatic nitrogens is 1. The first kappa shape index (κ1) is 18.7. The molecule has 0 aliphatic carbocycles. The molecule has 28 heavy (non-hydrogen) atoms. The monoisotopic (exact) mass is 381 g/mol. The molecule has 2 aromatic rings. The number of aryl methyl sites for hydroxylation is 2. The molecule has 2 saturated heterocycles. The van der Waals surface area contributed by atoms with E-state index < -0.39 is 0 Å². The third-order valence-electron chi connectivity index (χ3n) is 6.07. The molecule has 6 nitrogen and oxygen atoms in total. The second-order valence-corrected chi connectivity index (χ2v) is 7.87. The van der Waals surface area contributed by atoms with Crippen LogP contribution < -0.4 is 10.9 Å². The fourth-order valence-corrected chi connectivity index (χ4v) is 4.66. The first-order chi connectivity index (χ1) is 13.5. The summed E-state index contributed by atoms with van der Waals surface area (Å²) in [6.45, 7) is 6.04. The van der Waals surface area contributed by atoms with Crippen molar-refractivity contribution in [3.8, 4) is 0 Å². The number of urea groups is 1. The summed E-state index contributed by atoms with van der Waals surface area (Å²) in [5, 5.41) is 2.97. The quantitative estimate of drug-likeness (QED) is 0.858. The largest absolute Gasteiger partial charge is 0.381 e. The second-order valence-electron chi connectivity index (χ2n) is 7.87. The summed E-state index contributed by atoms with van der Waals surface area (Å²) in [4.78, 5) is 30.0. The van der Waals surface area contributed by atoms with Gasteiger partial charge >= 0.3 is 6.03 Å². The van der Waals surface area contributed by atoms with Crippen molar-refractivity contribution in [2.75, 3.05) is 19.8 Å². The van der Waals surface area contributed by atoms with Gasteiger partial charge in [0.15, 0.2) is 0 Å². The number of ether oxygens (including phenoxy) is 1. The van der Waals surface area contributed by atoms with Crippen LogP contribution in [0.15, 0.2) is 41.2 Å². The lowest BCUT2D eigenvalue weighted by Crippen LogP contribution is -2.46. The molecule has 148 valence electrons. The topological polar surface area (TPSA) is 74.4 Å². The van der Waals surface area contributed by atoms with Crippen molar-refractivity contribution in [1.82, 2.24) is 15.2 Å². The molecule has 4 rings (SSSR count). The number of pyridine rings is 1. The average Bonchev–Trinajstić information content (AvgIpc) is 3.07. The van der Waals surface area contributed by atoms with Gasteiger partial charge in [0, 0.05) is 42.3 Å². The molecule has 1 aromatic carbocycles. The number of carbonyl (C=O) groups excluding carboxylic acids is 1. The van der Waals surface area contributed by atoms with Gasteiger partial charge in [0.25, 0.3) is 5.56 Å². The highest BCUT2D eigenvalue weighted by molar-refractivity contribution is 5.75. The third-order valence-corrected chi connectivity index (χ3v) is 6.07. The molecule has 0 saturated carbocycles. The SMILES string of the molecule is Cc1cc(C)c(CNC(=O)N2C[C@H](c3ccccc3)[C@H]3COCC[C@H]32)c(=O)[nH]1. The fraction of sp³-hybridized carbons (Fsp3) is 0.455.